The highest BCUT2D eigenvalue weighted by Crippen LogP contribution is 2.29. The summed E-state index contributed by atoms with van der Waals surface area (Å²) in [6.45, 7) is 2.02. The maximum atomic E-state index is 11.0. The van der Waals surface area contributed by atoms with Crippen LogP contribution in [-0.2, 0) is 0 Å². The van der Waals surface area contributed by atoms with E-state index in [2.05, 4.69) is 9.98 Å². The van der Waals surface area contributed by atoms with Gasteiger partial charge in [0.25, 0.3) is 0 Å². The Kier molecular flexibility index (Phi) is 2.95. The molecule has 88 valence electrons. The Morgan fingerprint density at radius 2 is 2.12 bits per heavy atom. The van der Waals surface area contributed by atoms with E-state index in [0.717, 1.165) is 22.8 Å². The predicted molar refractivity (Wildman–Crippen MR) is 70.3 cm³/mol. The van der Waals surface area contributed by atoms with Crippen molar-refractivity contribution in [3.63, 3.8) is 0 Å². The molecular weight excluding hydrogens is 214 g/mol. The lowest BCUT2D eigenvalue weighted by Crippen LogP contribution is -2.07. The third kappa shape index (κ3) is 2.20. The minimum atomic E-state index is 0.517. The van der Waals surface area contributed by atoms with Crippen LogP contribution in [0.15, 0.2) is 23.2 Å². The van der Waals surface area contributed by atoms with Gasteiger partial charge in [0.2, 0.25) is 0 Å². The summed E-state index contributed by atoms with van der Waals surface area (Å²) in [4.78, 5) is 20.3. The number of aromatic amines is 1. The fourth-order valence-electron chi connectivity index (χ4n) is 1.71. The Morgan fingerprint density at radius 1 is 1.35 bits per heavy atom. The average Bonchev–Trinajstić information content (AvgIpc) is 2.63. The van der Waals surface area contributed by atoms with Gasteiger partial charge in [-0.15, -0.1) is 0 Å². The van der Waals surface area contributed by atoms with Crippen molar-refractivity contribution in [2.24, 2.45) is 4.99 Å². The number of aldehydes is 1. The van der Waals surface area contributed by atoms with Crippen molar-refractivity contribution in [1.82, 2.24) is 9.88 Å². The van der Waals surface area contributed by atoms with Crippen LogP contribution < -0.4 is 0 Å². The molecule has 0 saturated carbocycles. The van der Waals surface area contributed by atoms with E-state index in [9.17, 15) is 4.79 Å². The van der Waals surface area contributed by atoms with E-state index in [0.29, 0.717) is 11.4 Å². The van der Waals surface area contributed by atoms with Gasteiger partial charge in [-0.2, -0.15) is 0 Å². The van der Waals surface area contributed by atoms with Crippen LogP contribution in [0.1, 0.15) is 16.1 Å². The first-order chi connectivity index (χ1) is 8.11. The summed E-state index contributed by atoms with van der Waals surface area (Å²) in [5.41, 5.74) is 3.31. The highest BCUT2D eigenvalue weighted by atomic mass is 16.1. The Hall–Kier alpha value is -2.10. The van der Waals surface area contributed by atoms with E-state index < -0.39 is 0 Å². The summed E-state index contributed by atoms with van der Waals surface area (Å²) in [7, 11) is 3.78. The molecule has 2 rings (SSSR count). The topological polar surface area (TPSA) is 48.5 Å². The van der Waals surface area contributed by atoms with Gasteiger partial charge in [0, 0.05) is 25.0 Å². The molecule has 1 N–H and O–H groups in total. The molecule has 0 aliphatic heterocycles. The van der Waals surface area contributed by atoms with Crippen LogP contribution in [0.5, 0.6) is 0 Å². The second-order valence-electron chi connectivity index (χ2n) is 4.26. The van der Waals surface area contributed by atoms with Crippen LogP contribution >= 0.6 is 0 Å². The van der Waals surface area contributed by atoms with Crippen LogP contribution in [0, 0.1) is 6.92 Å². The number of nitrogens with one attached hydrogen (secondary N) is 1. The van der Waals surface area contributed by atoms with Crippen molar-refractivity contribution < 1.29 is 4.79 Å². The maximum absolute atomic E-state index is 11.0. The first-order valence-corrected chi connectivity index (χ1v) is 5.40. The molecule has 0 saturated heterocycles. The third-order valence-electron chi connectivity index (χ3n) is 2.49. The van der Waals surface area contributed by atoms with Gasteiger partial charge in [-0.1, -0.05) is 12.1 Å². The zero-order valence-electron chi connectivity index (χ0n) is 10.2. The quantitative estimate of drug-likeness (QED) is 0.499. The van der Waals surface area contributed by atoms with E-state index in [4.69, 9.17) is 0 Å². The summed E-state index contributed by atoms with van der Waals surface area (Å²) in [6, 6.07) is 6.01. The maximum Gasteiger partial charge on any atom is 0.168 e. The second kappa shape index (κ2) is 4.41. The Bertz CT molecular complexity index is 582. The first-order valence-electron chi connectivity index (χ1n) is 5.40. The summed E-state index contributed by atoms with van der Waals surface area (Å²) in [5.74, 6) is 0. The van der Waals surface area contributed by atoms with Gasteiger partial charge < -0.3 is 9.88 Å². The Morgan fingerprint density at radius 3 is 2.76 bits per heavy atom. The highest BCUT2D eigenvalue weighted by molar-refractivity contribution is 6.01. The standard InChI is InChI=1S/C13H15N3O/c1-9-4-5-10-11(6-9)15-12(7-17)13(10)14-8-16(2)3/h4-8,15H,1-3H3. The number of hydrogen-bond donors (Lipinski definition) is 1. The number of carbonyl (C=O) groups is 1. The molecule has 2 aromatic rings. The van der Waals surface area contributed by atoms with Gasteiger partial charge in [0.1, 0.15) is 11.4 Å². The molecule has 17 heavy (non-hydrogen) atoms. The number of hydrogen-bond acceptors (Lipinski definition) is 2. The van der Waals surface area contributed by atoms with Crippen molar-refractivity contribution in [3.8, 4) is 0 Å². The summed E-state index contributed by atoms with van der Waals surface area (Å²) < 4.78 is 0. The fraction of sp³-hybridized carbons (Fsp3) is 0.231. The molecule has 1 aromatic heterocycles. The highest BCUT2D eigenvalue weighted by Gasteiger charge is 2.09. The van der Waals surface area contributed by atoms with Gasteiger partial charge in [-0.05, 0) is 18.6 Å². The molecule has 0 unspecified atom stereocenters. The number of aromatic nitrogens is 1. The Labute approximate surface area is 100.0 Å². The SMILES string of the molecule is Cc1ccc2c(N=CN(C)C)c(C=O)[nH]c2c1. The van der Waals surface area contributed by atoms with Crippen LogP contribution in [0.3, 0.4) is 0 Å². The van der Waals surface area contributed by atoms with E-state index in [1.54, 1.807) is 6.34 Å². The van der Waals surface area contributed by atoms with Crippen molar-refractivity contribution in [3.05, 3.63) is 29.5 Å². The molecular formula is C13H15N3O. The van der Waals surface area contributed by atoms with Crippen molar-refractivity contribution in [1.29, 1.82) is 0 Å². The largest absolute Gasteiger partial charge is 0.369 e. The molecule has 0 aliphatic rings. The number of aliphatic imine (C=N–C) groups is 1. The summed E-state index contributed by atoms with van der Waals surface area (Å²) in [6.07, 6.45) is 2.49. The second-order valence-corrected chi connectivity index (χ2v) is 4.26. The van der Waals surface area contributed by atoms with Crippen molar-refractivity contribution >= 4 is 29.2 Å². The molecule has 0 fully saturated rings. The Balaban J connectivity index is 2.62. The summed E-state index contributed by atoms with van der Waals surface area (Å²) in [5, 5.41) is 0.968. The average molecular weight is 229 g/mol. The predicted octanol–water partition coefficient (Wildman–Crippen LogP) is 2.51. The van der Waals surface area contributed by atoms with E-state index in [-0.39, 0.29) is 0 Å². The zero-order valence-corrected chi connectivity index (χ0v) is 10.2. The number of aryl methyl sites for hydroxylation is 1. The van der Waals surface area contributed by atoms with Gasteiger partial charge in [-0.3, -0.25) is 4.79 Å². The molecule has 0 bridgehead atoms. The lowest BCUT2D eigenvalue weighted by molar-refractivity contribution is 0.112. The van der Waals surface area contributed by atoms with Crippen LogP contribution in [0.25, 0.3) is 10.9 Å². The monoisotopic (exact) mass is 229 g/mol. The van der Waals surface area contributed by atoms with Gasteiger partial charge in [0.05, 0.1) is 6.34 Å². The molecule has 0 aliphatic carbocycles. The molecule has 4 heteroatoms. The summed E-state index contributed by atoms with van der Waals surface area (Å²) >= 11 is 0. The number of rotatable bonds is 3. The molecule has 0 radical (unpaired) electrons. The normalized spacial score (nSPS) is 11.2. The van der Waals surface area contributed by atoms with E-state index >= 15 is 0 Å². The smallest absolute Gasteiger partial charge is 0.168 e. The molecule has 1 heterocycles. The number of carbonyl (C=O) groups excluding carboxylic acids is 1. The van der Waals surface area contributed by atoms with Gasteiger partial charge in [0.15, 0.2) is 6.29 Å². The molecule has 0 spiro atoms. The third-order valence-corrected chi connectivity index (χ3v) is 2.49. The van der Waals surface area contributed by atoms with Gasteiger partial charge in [-0.25, -0.2) is 4.99 Å². The fourth-order valence-corrected chi connectivity index (χ4v) is 1.71. The van der Waals surface area contributed by atoms with Gasteiger partial charge >= 0.3 is 0 Å². The number of benzene rings is 1. The van der Waals surface area contributed by atoms with Crippen LogP contribution in [0.2, 0.25) is 0 Å². The first kappa shape index (κ1) is 11.4. The van der Waals surface area contributed by atoms with Crippen LogP contribution in [-0.4, -0.2) is 36.6 Å². The lowest BCUT2D eigenvalue weighted by atomic mass is 10.1. The number of fused-ring (bicyclic) bond motifs is 1. The molecule has 0 atom stereocenters. The zero-order chi connectivity index (χ0) is 12.4. The van der Waals surface area contributed by atoms with Crippen LogP contribution in [0.4, 0.5) is 5.69 Å². The van der Waals surface area contributed by atoms with Crippen molar-refractivity contribution in [2.45, 2.75) is 6.92 Å². The van der Waals surface area contributed by atoms with E-state index in [1.807, 2.05) is 44.1 Å². The molecule has 1 aromatic carbocycles. The molecule has 0 amide bonds. The molecule has 4 nitrogen and oxygen atoms in total. The lowest BCUT2D eigenvalue weighted by Gasteiger charge is -2.02. The van der Waals surface area contributed by atoms with Crippen molar-refractivity contribution in [2.75, 3.05) is 14.1 Å². The number of nitrogens with zero attached hydrogens (tertiary/aromatic N) is 2. The van der Waals surface area contributed by atoms with E-state index in [1.165, 1.54) is 0 Å². The number of H-pyrrole nitrogens is 1. The minimum Gasteiger partial charge on any atom is -0.369 e. The minimum absolute atomic E-state index is 0.517.